The molecule has 0 aromatic heterocycles. The van der Waals surface area contributed by atoms with Gasteiger partial charge >= 0.3 is 0 Å². The van der Waals surface area contributed by atoms with Gasteiger partial charge in [0.15, 0.2) is 5.75 Å². The molecule has 3 rings (SSSR count). The zero-order chi connectivity index (χ0) is 16.9. The quantitative estimate of drug-likeness (QED) is 0.783. The molecule has 134 valence electrons. The molecular formula is C19H22Cl2N2O2. The zero-order valence-electron chi connectivity index (χ0n) is 13.8. The number of nitrogens with two attached hydrogens (primary N) is 1. The largest absolute Gasteiger partial charge is 0.454 e. The van der Waals surface area contributed by atoms with E-state index in [4.69, 9.17) is 22.1 Å². The third-order valence-electron chi connectivity index (χ3n) is 4.29. The fraction of sp³-hybridized carbons (Fsp3) is 0.316. The van der Waals surface area contributed by atoms with Gasteiger partial charge in [0.1, 0.15) is 5.75 Å². The fourth-order valence-corrected chi connectivity index (χ4v) is 3.18. The van der Waals surface area contributed by atoms with E-state index in [1.165, 1.54) is 0 Å². The minimum atomic E-state index is -0.0397. The Hall–Kier alpha value is -1.75. The highest BCUT2D eigenvalue weighted by Crippen LogP contribution is 2.34. The molecule has 1 aliphatic rings. The van der Waals surface area contributed by atoms with E-state index >= 15 is 0 Å². The monoisotopic (exact) mass is 380 g/mol. The second kappa shape index (κ2) is 9.09. The number of para-hydroxylation sites is 3. The number of hydrogen-bond acceptors (Lipinski definition) is 3. The molecule has 0 spiro atoms. The van der Waals surface area contributed by atoms with Crippen LogP contribution >= 0.6 is 24.0 Å². The molecule has 2 unspecified atom stereocenters. The Bertz CT molecular complexity index is 724. The highest BCUT2D eigenvalue weighted by atomic mass is 35.5. The third-order valence-corrected chi connectivity index (χ3v) is 4.60. The lowest BCUT2D eigenvalue weighted by atomic mass is 9.85. The second-order valence-electron chi connectivity index (χ2n) is 6.14. The summed E-state index contributed by atoms with van der Waals surface area (Å²) in [4.78, 5) is 12.5. The molecule has 0 bridgehead atoms. The van der Waals surface area contributed by atoms with Gasteiger partial charge in [-0.3, -0.25) is 4.79 Å². The van der Waals surface area contributed by atoms with Gasteiger partial charge in [0.25, 0.3) is 0 Å². The second-order valence-corrected chi connectivity index (χ2v) is 6.55. The van der Waals surface area contributed by atoms with Crippen molar-refractivity contribution < 1.29 is 9.53 Å². The molecular weight excluding hydrogens is 359 g/mol. The van der Waals surface area contributed by atoms with Crippen LogP contribution in [0.4, 0.5) is 5.69 Å². The van der Waals surface area contributed by atoms with Gasteiger partial charge in [-0.15, -0.1) is 12.4 Å². The molecule has 2 aromatic carbocycles. The van der Waals surface area contributed by atoms with Crippen molar-refractivity contribution in [3.63, 3.8) is 0 Å². The predicted molar refractivity (Wildman–Crippen MR) is 104 cm³/mol. The third kappa shape index (κ3) is 5.11. The summed E-state index contributed by atoms with van der Waals surface area (Å²) < 4.78 is 5.88. The number of hydrogen-bond donors (Lipinski definition) is 2. The van der Waals surface area contributed by atoms with Crippen LogP contribution in [-0.2, 0) is 4.79 Å². The van der Waals surface area contributed by atoms with Crippen LogP contribution in [0.25, 0.3) is 0 Å². The Labute approximate surface area is 159 Å². The minimum absolute atomic E-state index is 0. The van der Waals surface area contributed by atoms with Crippen molar-refractivity contribution in [3.8, 4) is 11.5 Å². The number of amides is 1. The number of ether oxygens (including phenoxy) is 1. The summed E-state index contributed by atoms with van der Waals surface area (Å²) in [6.45, 7) is 0. The molecule has 0 saturated heterocycles. The summed E-state index contributed by atoms with van der Waals surface area (Å²) in [6, 6.07) is 14.7. The molecule has 1 aliphatic carbocycles. The van der Waals surface area contributed by atoms with Gasteiger partial charge in [-0.25, -0.2) is 0 Å². The normalized spacial score (nSPS) is 19.6. The van der Waals surface area contributed by atoms with Crippen LogP contribution in [0, 0.1) is 5.92 Å². The first kappa shape index (κ1) is 19.6. The standard InChI is InChI=1S/C19H21ClN2O2.ClH/c20-15-8-1-3-10-17(15)24-18-11-4-2-9-16(18)22-19(23)13-6-5-7-14(21)12-13;/h1-4,8-11,13-14H,5-7,12,21H2,(H,22,23);1H. The van der Waals surface area contributed by atoms with Gasteiger partial charge in [-0.2, -0.15) is 0 Å². The highest BCUT2D eigenvalue weighted by molar-refractivity contribution is 6.32. The summed E-state index contributed by atoms with van der Waals surface area (Å²) in [5.41, 5.74) is 6.63. The topological polar surface area (TPSA) is 64.4 Å². The Kier molecular flexibility index (Phi) is 7.12. The molecule has 4 nitrogen and oxygen atoms in total. The van der Waals surface area contributed by atoms with Crippen molar-refractivity contribution in [2.24, 2.45) is 11.7 Å². The number of benzene rings is 2. The van der Waals surface area contributed by atoms with Gasteiger partial charge in [-0.1, -0.05) is 42.3 Å². The van der Waals surface area contributed by atoms with E-state index in [2.05, 4.69) is 5.32 Å². The van der Waals surface area contributed by atoms with Crippen molar-refractivity contribution in [3.05, 3.63) is 53.6 Å². The molecule has 0 radical (unpaired) electrons. The van der Waals surface area contributed by atoms with Crippen LogP contribution in [0.15, 0.2) is 48.5 Å². The molecule has 1 saturated carbocycles. The summed E-state index contributed by atoms with van der Waals surface area (Å²) in [5, 5.41) is 3.50. The van der Waals surface area contributed by atoms with Gasteiger partial charge in [0.2, 0.25) is 5.91 Å². The summed E-state index contributed by atoms with van der Waals surface area (Å²) >= 11 is 6.14. The average Bonchev–Trinajstić information content (AvgIpc) is 2.58. The number of anilines is 1. The maximum Gasteiger partial charge on any atom is 0.227 e. The van der Waals surface area contributed by atoms with Crippen molar-refractivity contribution in [2.75, 3.05) is 5.32 Å². The Morgan fingerprint density at radius 1 is 1.08 bits per heavy atom. The number of halogens is 2. The van der Waals surface area contributed by atoms with Crippen LogP contribution in [-0.4, -0.2) is 11.9 Å². The smallest absolute Gasteiger partial charge is 0.227 e. The van der Waals surface area contributed by atoms with Crippen LogP contribution < -0.4 is 15.8 Å². The number of carbonyl (C=O) groups is 1. The van der Waals surface area contributed by atoms with Gasteiger partial charge in [0, 0.05) is 12.0 Å². The first-order valence-electron chi connectivity index (χ1n) is 8.21. The molecule has 0 aliphatic heterocycles. The molecule has 2 atom stereocenters. The number of nitrogens with one attached hydrogen (secondary N) is 1. The maximum atomic E-state index is 12.5. The van der Waals surface area contributed by atoms with E-state index < -0.39 is 0 Å². The SMILES string of the molecule is Cl.NC1CCCC(C(=O)Nc2ccccc2Oc2ccccc2Cl)C1. The molecule has 1 amide bonds. The summed E-state index contributed by atoms with van der Waals surface area (Å²) in [5.74, 6) is 1.09. The Morgan fingerprint density at radius 3 is 2.48 bits per heavy atom. The number of rotatable bonds is 4. The van der Waals surface area contributed by atoms with Gasteiger partial charge in [0.05, 0.1) is 10.7 Å². The fourth-order valence-electron chi connectivity index (χ4n) is 3.01. The van der Waals surface area contributed by atoms with Crippen LogP contribution in [0.3, 0.4) is 0 Å². The van der Waals surface area contributed by atoms with Crippen LogP contribution in [0.2, 0.25) is 5.02 Å². The molecule has 0 heterocycles. The van der Waals surface area contributed by atoms with Crippen molar-refractivity contribution in [1.29, 1.82) is 0 Å². The van der Waals surface area contributed by atoms with E-state index in [0.717, 1.165) is 25.7 Å². The van der Waals surface area contributed by atoms with E-state index in [-0.39, 0.29) is 30.3 Å². The average molecular weight is 381 g/mol. The Balaban J connectivity index is 0.00000225. The zero-order valence-corrected chi connectivity index (χ0v) is 15.4. The summed E-state index contributed by atoms with van der Waals surface area (Å²) in [6.07, 6.45) is 3.61. The van der Waals surface area contributed by atoms with Crippen molar-refractivity contribution in [2.45, 2.75) is 31.7 Å². The van der Waals surface area contributed by atoms with Crippen molar-refractivity contribution in [1.82, 2.24) is 0 Å². The molecule has 6 heteroatoms. The number of carbonyl (C=O) groups excluding carboxylic acids is 1. The molecule has 25 heavy (non-hydrogen) atoms. The molecule has 2 aromatic rings. The van der Waals surface area contributed by atoms with E-state index in [1.807, 2.05) is 36.4 Å². The van der Waals surface area contributed by atoms with Gasteiger partial charge in [-0.05, 0) is 43.5 Å². The Morgan fingerprint density at radius 2 is 1.76 bits per heavy atom. The first-order chi connectivity index (χ1) is 11.6. The van der Waals surface area contributed by atoms with E-state index in [1.54, 1.807) is 12.1 Å². The van der Waals surface area contributed by atoms with Crippen LogP contribution in [0.5, 0.6) is 11.5 Å². The predicted octanol–water partition coefficient (Wildman–Crippen LogP) is 5.01. The lowest BCUT2D eigenvalue weighted by Gasteiger charge is -2.26. The lowest BCUT2D eigenvalue weighted by molar-refractivity contribution is -0.120. The van der Waals surface area contributed by atoms with E-state index in [0.29, 0.717) is 22.2 Å². The molecule has 3 N–H and O–H groups in total. The van der Waals surface area contributed by atoms with Crippen LogP contribution in [0.1, 0.15) is 25.7 Å². The minimum Gasteiger partial charge on any atom is -0.454 e. The van der Waals surface area contributed by atoms with Gasteiger partial charge < -0.3 is 15.8 Å². The first-order valence-corrected chi connectivity index (χ1v) is 8.59. The van der Waals surface area contributed by atoms with Crippen molar-refractivity contribution >= 4 is 35.6 Å². The van der Waals surface area contributed by atoms with E-state index in [9.17, 15) is 4.79 Å². The highest BCUT2D eigenvalue weighted by Gasteiger charge is 2.25. The lowest BCUT2D eigenvalue weighted by Crippen LogP contribution is -2.34. The summed E-state index contributed by atoms with van der Waals surface area (Å²) in [7, 11) is 0. The maximum absolute atomic E-state index is 12.5. The molecule has 1 fully saturated rings.